The van der Waals surface area contributed by atoms with Gasteiger partial charge in [0, 0.05) is 5.56 Å². The predicted octanol–water partition coefficient (Wildman–Crippen LogP) is -1.62. The molecule has 2 aromatic rings. The third-order valence-electron chi connectivity index (χ3n) is 4.15. The van der Waals surface area contributed by atoms with Gasteiger partial charge >= 0.3 is 5.97 Å². The number of ether oxygens (including phenoxy) is 2. The van der Waals surface area contributed by atoms with Crippen molar-refractivity contribution in [1.29, 1.82) is 0 Å². The fourth-order valence-electron chi connectivity index (χ4n) is 2.70. The molecule has 11 heteroatoms. The van der Waals surface area contributed by atoms with E-state index in [0.717, 1.165) is 0 Å². The summed E-state index contributed by atoms with van der Waals surface area (Å²) < 4.78 is 11.7. The van der Waals surface area contributed by atoms with Crippen molar-refractivity contribution in [3.8, 4) is 17.0 Å². The molecule has 1 aliphatic rings. The maximum absolute atomic E-state index is 10.5. The summed E-state index contributed by atoms with van der Waals surface area (Å²) >= 11 is 0. The molecule has 3 rings (SSSR count). The molecule has 0 spiro atoms. The first-order chi connectivity index (χ1) is 12.9. The first-order valence-corrected chi connectivity index (χ1v) is 8.08. The number of benzene rings is 1. The van der Waals surface area contributed by atoms with Crippen molar-refractivity contribution < 1.29 is 39.8 Å². The van der Waals surface area contributed by atoms with E-state index >= 15 is 0 Å². The van der Waals surface area contributed by atoms with Gasteiger partial charge in [-0.05, 0) is 24.3 Å². The molecule has 11 nitrogen and oxygen atoms in total. The predicted molar refractivity (Wildman–Crippen MR) is 87.6 cm³/mol. The van der Waals surface area contributed by atoms with Gasteiger partial charge in [-0.15, -0.1) is 5.10 Å². The van der Waals surface area contributed by atoms with E-state index in [1.54, 1.807) is 24.3 Å². The number of carboxylic acid groups (broad SMARTS) is 1. The van der Waals surface area contributed by atoms with Gasteiger partial charge in [0.1, 0.15) is 35.9 Å². The molecule has 0 bridgehead atoms. The molecule has 0 aliphatic carbocycles. The van der Waals surface area contributed by atoms with E-state index < -0.39 is 49.8 Å². The number of nitrogens with zero attached hydrogens (tertiary/aromatic N) is 3. The highest BCUT2D eigenvalue weighted by atomic mass is 16.6. The summed E-state index contributed by atoms with van der Waals surface area (Å²) in [6.45, 7) is -0.993. The zero-order valence-corrected chi connectivity index (χ0v) is 14.0. The van der Waals surface area contributed by atoms with Gasteiger partial charge in [-0.25, -0.2) is 9.48 Å². The number of carboxylic acids is 1. The molecule has 146 valence electrons. The van der Waals surface area contributed by atoms with Crippen LogP contribution in [0.3, 0.4) is 0 Å². The number of aliphatic hydroxyl groups excluding tert-OH is 4. The van der Waals surface area contributed by atoms with Gasteiger partial charge in [0.2, 0.25) is 0 Å². The highest BCUT2D eigenvalue weighted by Gasteiger charge is 2.44. The third-order valence-corrected chi connectivity index (χ3v) is 4.15. The van der Waals surface area contributed by atoms with E-state index in [9.17, 15) is 25.2 Å². The normalized spacial score (nSPS) is 28.1. The minimum atomic E-state index is -1.51. The van der Waals surface area contributed by atoms with Gasteiger partial charge in [-0.3, -0.25) is 0 Å². The number of carbonyl (C=O) groups is 1. The SMILES string of the molecule is O=C(O)COc1ccc(-c2cn([C@H]3O[C@H](CO)[C@@H](O)[C@H](O)[C@@H]3O)nn2)cc1. The van der Waals surface area contributed by atoms with Crippen LogP contribution in [-0.4, -0.2) is 84.1 Å². The minimum Gasteiger partial charge on any atom is -0.482 e. The fourth-order valence-corrected chi connectivity index (χ4v) is 2.70. The fraction of sp³-hybridized carbons (Fsp3) is 0.438. The van der Waals surface area contributed by atoms with Crippen LogP contribution in [0, 0.1) is 0 Å². The molecule has 2 heterocycles. The van der Waals surface area contributed by atoms with Gasteiger partial charge < -0.3 is 35.0 Å². The van der Waals surface area contributed by atoms with Gasteiger partial charge in [-0.2, -0.15) is 0 Å². The van der Waals surface area contributed by atoms with Crippen LogP contribution in [-0.2, 0) is 9.53 Å². The maximum atomic E-state index is 10.5. The van der Waals surface area contributed by atoms with Crippen LogP contribution in [0.1, 0.15) is 6.23 Å². The Kier molecular flexibility index (Phi) is 5.68. The Morgan fingerprint density at radius 2 is 1.85 bits per heavy atom. The molecule has 0 saturated carbocycles. The molecular formula is C16H19N3O8. The van der Waals surface area contributed by atoms with E-state index in [-0.39, 0.29) is 0 Å². The number of hydrogen-bond acceptors (Lipinski definition) is 9. The van der Waals surface area contributed by atoms with Crippen LogP contribution in [0.5, 0.6) is 5.75 Å². The summed E-state index contributed by atoms with van der Waals surface area (Å²) in [6.07, 6.45) is -5.16. The van der Waals surface area contributed by atoms with Crippen molar-refractivity contribution in [3.05, 3.63) is 30.5 Å². The second-order valence-corrected chi connectivity index (χ2v) is 6.01. The lowest BCUT2D eigenvalue weighted by Crippen LogP contribution is -2.56. The summed E-state index contributed by atoms with van der Waals surface area (Å²) in [7, 11) is 0. The Hall–Kier alpha value is -2.57. The lowest BCUT2D eigenvalue weighted by molar-refractivity contribution is -0.254. The second kappa shape index (κ2) is 7.98. The standard InChI is InChI=1S/C16H19N3O8/c20-6-11-13(23)14(24)15(25)16(27-11)19-5-10(17-18-19)8-1-3-9(4-2-8)26-7-12(21)22/h1-5,11,13-16,20,23-25H,6-7H2,(H,21,22)/t11-,13-,14+,15+,16+/m1/s1. The van der Waals surface area contributed by atoms with Crippen LogP contribution in [0.25, 0.3) is 11.3 Å². The average Bonchev–Trinajstić information content (AvgIpc) is 3.15. The summed E-state index contributed by atoms with van der Waals surface area (Å²) in [5.74, 6) is -0.705. The summed E-state index contributed by atoms with van der Waals surface area (Å²) in [5, 5.41) is 55.5. The molecular weight excluding hydrogens is 362 g/mol. The van der Waals surface area contributed by atoms with E-state index in [0.29, 0.717) is 17.0 Å². The molecule has 1 aromatic carbocycles. The highest BCUT2D eigenvalue weighted by molar-refractivity contribution is 5.68. The molecule has 5 atom stereocenters. The van der Waals surface area contributed by atoms with Crippen molar-refractivity contribution >= 4 is 5.97 Å². The van der Waals surface area contributed by atoms with Crippen molar-refractivity contribution in [2.24, 2.45) is 0 Å². The van der Waals surface area contributed by atoms with E-state index in [4.69, 9.17) is 14.6 Å². The first kappa shape index (κ1) is 19.2. The van der Waals surface area contributed by atoms with Crippen LogP contribution in [0.2, 0.25) is 0 Å². The van der Waals surface area contributed by atoms with Crippen LogP contribution >= 0.6 is 0 Å². The Labute approximate surface area is 153 Å². The van der Waals surface area contributed by atoms with Gasteiger partial charge in [0.15, 0.2) is 12.8 Å². The highest BCUT2D eigenvalue weighted by Crippen LogP contribution is 2.29. The van der Waals surface area contributed by atoms with E-state index in [2.05, 4.69) is 10.3 Å². The molecule has 0 radical (unpaired) electrons. The number of aliphatic hydroxyl groups is 4. The molecule has 0 unspecified atom stereocenters. The minimum absolute atomic E-state index is 0.377. The smallest absolute Gasteiger partial charge is 0.341 e. The first-order valence-electron chi connectivity index (χ1n) is 8.08. The molecule has 1 saturated heterocycles. The molecule has 1 fully saturated rings. The quantitative estimate of drug-likeness (QED) is 0.392. The lowest BCUT2D eigenvalue weighted by Gasteiger charge is -2.39. The second-order valence-electron chi connectivity index (χ2n) is 6.01. The van der Waals surface area contributed by atoms with Gasteiger partial charge in [0.25, 0.3) is 0 Å². The van der Waals surface area contributed by atoms with E-state index in [1.165, 1.54) is 10.9 Å². The number of hydrogen-bond donors (Lipinski definition) is 5. The van der Waals surface area contributed by atoms with Gasteiger partial charge in [0.05, 0.1) is 12.8 Å². The zero-order valence-electron chi connectivity index (χ0n) is 14.0. The third kappa shape index (κ3) is 4.07. The molecule has 5 N–H and O–H groups in total. The number of rotatable bonds is 6. The van der Waals surface area contributed by atoms with Crippen molar-refractivity contribution in [2.45, 2.75) is 30.6 Å². The van der Waals surface area contributed by atoms with Crippen LogP contribution in [0.15, 0.2) is 30.5 Å². The monoisotopic (exact) mass is 381 g/mol. The molecule has 1 aliphatic heterocycles. The maximum Gasteiger partial charge on any atom is 0.341 e. The van der Waals surface area contributed by atoms with Gasteiger partial charge in [-0.1, -0.05) is 5.21 Å². The topological polar surface area (TPSA) is 167 Å². The Morgan fingerprint density at radius 1 is 1.15 bits per heavy atom. The Morgan fingerprint density at radius 3 is 2.48 bits per heavy atom. The zero-order chi connectivity index (χ0) is 19.6. The largest absolute Gasteiger partial charge is 0.482 e. The molecule has 0 amide bonds. The number of aliphatic carboxylic acids is 1. The summed E-state index contributed by atoms with van der Waals surface area (Å²) in [6, 6.07) is 6.45. The van der Waals surface area contributed by atoms with Crippen molar-refractivity contribution in [1.82, 2.24) is 15.0 Å². The average molecular weight is 381 g/mol. The van der Waals surface area contributed by atoms with E-state index in [1.807, 2.05) is 0 Å². The number of aromatic nitrogens is 3. The Balaban J connectivity index is 1.75. The van der Waals surface area contributed by atoms with Crippen molar-refractivity contribution in [2.75, 3.05) is 13.2 Å². The Bertz CT molecular complexity index is 778. The van der Waals surface area contributed by atoms with Crippen molar-refractivity contribution in [3.63, 3.8) is 0 Å². The molecule has 1 aromatic heterocycles. The summed E-state index contributed by atoms with van der Waals surface area (Å²) in [4.78, 5) is 10.5. The van der Waals surface area contributed by atoms with Crippen LogP contribution < -0.4 is 4.74 Å². The molecule has 27 heavy (non-hydrogen) atoms. The lowest BCUT2D eigenvalue weighted by atomic mass is 9.98. The van der Waals surface area contributed by atoms with Crippen LogP contribution in [0.4, 0.5) is 0 Å². The summed E-state index contributed by atoms with van der Waals surface area (Å²) in [5.41, 5.74) is 1.07.